The minimum absolute atomic E-state index is 0.326. The SMILES string of the molecule is COc1cc(C)ccc1Oc1cccc(Cl)c1C=O. The van der Waals surface area contributed by atoms with Gasteiger partial charge in [0.2, 0.25) is 0 Å². The second kappa shape index (κ2) is 5.76. The Morgan fingerprint density at radius 2 is 1.89 bits per heavy atom. The summed E-state index contributed by atoms with van der Waals surface area (Å²) in [7, 11) is 1.57. The average molecular weight is 277 g/mol. The second-order valence-corrected chi connectivity index (χ2v) is 4.43. The zero-order valence-electron chi connectivity index (χ0n) is 10.6. The van der Waals surface area contributed by atoms with Crippen molar-refractivity contribution >= 4 is 17.9 Å². The summed E-state index contributed by atoms with van der Waals surface area (Å²) < 4.78 is 11.0. The summed E-state index contributed by atoms with van der Waals surface area (Å²) in [4.78, 5) is 11.1. The first kappa shape index (κ1) is 13.4. The molecule has 0 heterocycles. The molecular weight excluding hydrogens is 264 g/mol. The van der Waals surface area contributed by atoms with Crippen molar-refractivity contribution in [2.24, 2.45) is 0 Å². The van der Waals surface area contributed by atoms with Crippen LogP contribution in [0.5, 0.6) is 17.2 Å². The largest absolute Gasteiger partial charge is 0.493 e. The van der Waals surface area contributed by atoms with E-state index >= 15 is 0 Å². The van der Waals surface area contributed by atoms with E-state index in [0.717, 1.165) is 5.56 Å². The van der Waals surface area contributed by atoms with Crippen molar-refractivity contribution < 1.29 is 14.3 Å². The van der Waals surface area contributed by atoms with Crippen LogP contribution in [0.25, 0.3) is 0 Å². The zero-order chi connectivity index (χ0) is 13.8. The molecule has 0 spiro atoms. The maximum absolute atomic E-state index is 11.1. The number of aryl methyl sites for hydroxylation is 1. The number of benzene rings is 2. The molecule has 19 heavy (non-hydrogen) atoms. The minimum Gasteiger partial charge on any atom is -0.493 e. The lowest BCUT2D eigenvalue weighted by atomic mass is 10.2. The van der Waals surface area contributed by atoms with Gasteiger partial charge in [-0.25, -0.2) is 0 Å². The molecule has 0 atom stereocenters. The molecule has 2 rings (SSSR count). The Bertz CT molecular complexity index is 608. The molecule has 2 aromatic rings. The quantitative estimate of drug-likeness (QED) is 0.783. The molecule has 2 aromatic carbocycles. The number of ether oxygens (including phenoxy) is 2. The third-order valence-electron chi connectivity index (χ3n) is 2.67. The molecule has 0 aromatic heterocycles. The molecule has 0 unspecified atom stereocenters. The van der Waals surface area contributed by atoms with Crippen LogP contribution in [-0.2, 0) is 0 Å². The van der Waals surface area contributed by atoms with Gasteiger partial charge in [-0.2, -0.15) is 0 Å². The molecule has 0 N–H and O–H groups in total. The van der Waals surface area contributed by atoms with Crippen LogP contribution in [0.15, 0.2) is 36.4 Å². The first-order valence-corrected chi connectivity index (χ1v) is 6.09. The van der Waals surface area contributed by atoms with E-state index in [9.17, 15) is 4.79 Å². The minimum atomic E-state index is 0.326. The first-order valence-electron chi connectivity index (χ1n) is 5.72. The molecule has 0 aliphatic rings. The Labute approximate surface area is 116 Å². The van der Waals surface area contributed by atoms with Gasteiger partial charge in [0.1, 0.15) is 5.75 Å². The van der Waals surface area contributed by atoms with Gasteiger partial charge in [-0.3, -0.25) is 4.79 Å². The van der Waals surface area contributed by atoms with Gasteiger partial charge < -0.3 is 9.47 Å². The second-order valence-electron chi connectivity index (χ2n) is 4.03. The highest BCUT2D eigenvalue weighted by molar-refractivity contribution is 6.33. The van der Waals surface area contributed by atoms with Crippen LogP contribution in [0.1, 0.15) is 15.9 Å². The average Bonchev–Trinajstić information content (AvgIpc) is 2.41. The van der Waals surface area contributed by atoms with Crippen LogP contribution >= 0.6 is 11.6 Å². The number of methoxy groups -OCH3 is 1. The van der Waals surface area contributed by atoms with E-state index in [4.69, 9.17) is 21.1 Å². The predicted octanol–water partition coefficient (Wildman–Crippen LogP) is 4.26. The van der Waals surface area contributed by atoms with Gasteiger partial charge in [-0.15, -0.1) is 0 Å². The summed E-state index contributed by atoms with van der Waals surface area (Å²) >= 11 is 5.95. The fraction of sp³-hybridized carbons (Fsp3) is 0.133. The Kier molecular flexibility index (Phi) is 4.07. The summed E-state index contributed by atoms with van der Waals surface area (Å²) in [5.41, 5.74) is 1.39. The number of carbonyl (C=O) groups is 1. The van der Waals surface area contributed by atoms with Gasteiger partial charge in [0.05, 0.1) is 17.7 Å². The van der Waals surface area contributed by atoms with E-state index in [0.29, 0.717) is 34.1 Å². The van der Waals surface area contributed by atoms with Gasteiger partial charge in [-0.05, 0) is 36.8 Å². The van der Waals surface area contributed by atoms with Crippen molar-refractivity contribution in [3.63, 3.8) is 0 Å². The third-order valence-corrected chi connectivity index (χ3v) is 3.00. The highest BCUT2D eigenvalue weighted by Crippen LogP contribution is 2.35. The topological polar surface area (TPSA) is 35.5 Å². The Morgan fingerprint density at radius 3 is 2.58 bits per heavy atom. The molecule has 4 heteroatoms. The highest BCUT2D eigenvalue weighted by Gasteiger charge is 2.11. The number of hydrogen-bond donors (Lipinski definition) is 0. The summed E-state index contributed by atoms with van der Waals surface area (Å²) in [5.74, 6) is 1.56. The maximum Gasteiger partial charge on any atom is 0.169 e. The molecule has 0 fully saturated rings. The Morgan fingerprint density at radius 1 is 1.11 bits per heavy atom. The van der Waals surface area contributed by atoms with Crippen molar-refractivity contribution in [2.75, 3.05) is 7.11 Å². The van der Waals surface area contributed by atoms with Crippen LogP contribution in [0, 0.1) is 6.92 Å². The van der Waals surface area contributed by atoms with E-state index in [2.05, 4.69) is 0 Å². The Hall–Kier alpha value is -2.00. The zero-order valence-corrected chi connectivity index (χ0v) is 11.4. The molecule has 3 nitrogen and oxygen atoms in total. The van der Waals surface area contributed by atoms with Crippen molar-refractivity contribution in [3.05, 3.63) is 52.5 Å². The molecule has 0 radical (unpaired) electrons. The van der Waals surface area contributed by atoms with E-state index in [1.54, 1.807) is 31.4 Å². The number of carbonyl (C=O) groups excluding carboxylic acids is 1. The molecular formula is C15H13ClO3. The molecule has 0 aliphatic heterocycles. The van der Waals surface area contributed by atoms with Crippen LogP contribution in [0.4, 0.5) is 0 Å². The summed E-state index contributed by atoms with van der Waals surface area (Å²) in [5, 5.41) is 0.360. The van der Waals surface area contributed by atoms with Crippen LogP contribution < -0.4 is 9.47 Å². The molecule has 0 bridgehead atoms. The molecule has 0 aliphatic carbocycles. The standard InChI is InChI=1S/C15H13ClO3/c1-10-6-7-14(15(8-10)18-2)19-13-5-3-4-12(16)11(13)9-17/h3-9H,1-2H3. The van der Waals surface area contributed by atoms with Crippen LogP contribution in [0.3, 0.4) is 0 Å². The van der Waals surface area contributed by atoms with Crippen molar-refractivity contribution in [1.82, 2.24) is 0 Å². The van der Waals surface area contributed by atoms with Crippen molar-refractivity contribution in [3.8, 4) is 17.2 Å². The molecule has 0 amide bonds. The van der Waals surface area contributed by atoms with Crippen molar-refractivity contribution in [1.29, 1.82) is 0 Å². The summed E-state index contributed by atoms with van der Waals surface area (Å²) in [6.07, 6.45) is 0.679. The Balaban J connectivity index is 2.41. The third kappa shape index (κ3) is 2.88. The molecule has 98 valence electrons. The first-order chi connectivity index (χ1) is 9.15. The fourth-order valence-corrected chi connectivity index (χ4v) is 1.91. The van der Waals surface area contributed by atoms with E-state index < -0.39 is 0 Å². The number of rotatable bonds is 4. The predicted molar refractivity (Wildman–Crippen MR) is 74.6 cm³/mol. The van der Waals surface area contributed by atoms with E-state index in [1.165, 1.54) is 0 Å². The van der Waals surface area contributed by atoms with Gasteiger partial charge in [-0.1, -0.05) is 23.7 Å². The normalized spacial score (nSPS) is 10.1. The maximum atomic E-state index is 11.1. The fourth-order valence-electron chi connectivity index (χ4n) is 1.70. The van der Waals surface area contributed by atoms with Gasteiger partial charge >= 0.3 is 0 Å². The molecule has 0 saturated carbocycles. The van der Waals surface area contributed by atoms with Gasteiger partial charge in [0.15, 0.2) is 17.8 Å². The lowest BCUT2D eigenvalue weighted by Crippen LogP contribution is -1.94. The van der Waals surface area contributed by atoms with Crippen LogP contribution in [-0.4, -0.2) is 13.4 Å². The van der Waals surface area contributed by atoms with Gasteiger partial charge in [0.25, 0.3) is 0 Å². The number of aldehydes is 1. The lowest BCUT2D eigenvalue weighted by Gasteiger charge is -2.12. The highest BCUT2D eigenvalue weighted by atomic mass is 35.5. The van der Waals surface area contributed by atoms with Crippen LogP contribution in [0.2, 0.25) is 5.02 Å². The monoisotopic (exact) mass is 276 g/mol. The van der Waals surface area contributed by atoms with Gasteiger partial charge in [0, 0.05) is 0 Å². The van der Waals surface area contributed by atoms with Crippen molar-refractivity contribution in [2.45, 2.75) is 6.92 Å². The number of hydrogen-bond acceptors (Lipinski definition) is 3. The lowest BCUT2D eigenvalue weighted by molar-refractivity contribution is 0.112. The smallest absolute Gasteiger partial charge is 0.169 e. The van der Waals surface area contributed by atoms with E-state index in [-0.39, 0.29) is 0 Å². The summed E-state index contributed by atoms with van der Waals surface area (Å²) in [6, 6.07) is 10.6. The molecule has 0 saturated heterocycles. The summed E-state index contributed by atoms with van der Waals surface area (Å²) in [6.45, 7) is 1.96. The number of halogens is 1. The van der Waals surface area contributed by atoms with E-state index in [1.807, 2.05) is 19.1 Å².